The monoisotopic (exact) mass is 513 g/mol. The van der Waals surface area contributed by atoms with Crippen LogP contribution in [0.15, 0.2) is 82.2 Å². The first-order chi connectivity index (χ1) is 15.0. The second kappa shape index (κ2) is 9.73. The Morgan fingerprint density at radius 3 is 2.45 bits per heavy atom. The van der Waals surface area contributed by atoms with Crippen molar-refractivity contribution in [3.63, 3.8) is 0 Å². The van der Waals surface area contributed by atoms with Crippen LogP contribution in [0.5, 0.6) is 5.75 Å². The van der Waals surface area contributed by atoms with Crippen molar-refractivity contribution in [2.75, 3.05) is 0 Å². The fourth-order valence-corrected chi connectivity index (χ4v) is 4.38. The number of amides is 2. The van der Waals surface area contributed by atoms with Crippen molar-refractivity contribution < 1.29 is 14.3 Å². The van der Waals surface area contributed by atoms with E-state index in [1.54, 1.807) is 6.08 Å². The minimum absolute atomic E-state index is 0.251. The molecule has 31 heavy (non-hydrogen) atoms. The van der Waals surface area contributed by atoms with Crippen LogP contribution < -0.4 is 4.74 Å². The first-order valence-corrected chi connectivity index (χ1v) is 11.4. The SMILES string of the molecule is O=C1S/C(=C/c2cc(Br)ccc2OCc2ccc(Cl)cc2)C(=O)N1Cc1ccccc1. The molecule has 0 saturated carbocycles. The highest BCUT2D eigenvalue weighted by Crippen LogP contribution is 2.35. The maximum Gasteiger partial charge on any atom is 0.293 e. The summed E-state index contributed by atoms with van der Waals surface area (Å²) < 4.78 is 6.83. The lowest BCUT2D eigenvalue weighted by Crippen LogP contribution is -2.27. The maximum atomic E-state index is 12.9. The summed E-state index contributed by atoms with van der Waals surface area (Å²) in [6, 6.07) is 22.4. The van der Waals surface area contributed by atoms with E-state index in [1.165, 1.54) is 4.90 Å². The van der Waals surface area contributed by atoms with Crippen molar-refractivity contribution in [1.82, 2.24) is 4.90 Å². The molecule has 0 unspecified atom stereocenters. The van der Waals surface area contributed by atoms with E-state index in [0.29, 0.717) is 27.8 Å². The first-order valence-electron chi connectivity index (χ1n) is 9.46. The van der Waals surface area contributed by atoms with E-state index in [0.717, 1.165) is 27.4 Å². The molecule has 156 valence electrons. The molecular weight excluding hydrogens is 498 g/mol. The molecule has 1 aliphatic rings. The third-order valence-electron chi connectivity index (χ3n) is 4.62. The van der Waals surface area contributed by atoms with Gasteiger partial charge in [0, 0.05) is 15.1 Å². The van der Waals surface area contributed by atoms with E-state index < -0.39 is 0 Å². The number of imide groups is 1. The van der Waals surface area contributed by atoms with Gasteiger partial charge in [0.1, 0.15) is 12.4 Å². The van der Waals surface area contributed by atoms with E-state index in [2.05, 4.69) is 15.9 Å². The fourth-order valence-electron chi connectivity index (χ4n) is 3.05. The van der Waals surface area contributed by atoms with Gasteiger partial charge in [-0.2, -0.15) is 0 Å². The Balaban J connectivity index is 1.54. The Hall–Kier alpha value is -2.54. The lowest BCUT2D eigenvalue weighted by atomic mass is 10.1. The summed E-state index contributed by atoms with van der Waals surface area (Å²) in [5.74, 6) is 0.315. The number of carbonyl (C=O) groups is 2. The first kappa shape index (κ1) is 21.7. The van der Waals surface area contributed by atoms with Crippen LogP contribution in [0, 0.1) is 0 Å². The van der Waals surface area contributed by atoms with Crippen molar-refractivity contribution in [1.29, 1.82) is 0 Å². The highest BCUT2D eigenvalue weighted by atomic mass is 79.9. The van der Waals surface area contributed by atoms with Crippen molar-refractivity contribution in [2.45, 2.75) is 13.2 Å². The average Bonchev–Trinajstić information content (AvgIpc) is 3.02. The van der Waals surface area contributed by atoms with Crippen LogP contribution in [0.25, 0.3) is 6.08 Å². The van der Waals surface area contributed by atoms with Gasteiger partial charge in [-0.3, -0.25) is 14.5 Å². The Morgan fingerprint density at radius 2 is 1.71 bits per heavy atom. The smallest absolute Gasteiger partial charge is 0.293 e. The number of carbonyl (C=O) groups excluding carboxylic acids is 2. The number of rotatable bonds is 6. The summed E-state index contributed by atoms with van der Waals surface area (Å²) in [6.45, 7) is 0.608. The standard InChI is InChI=1S/C24H17BrClNO3S/c25-19-8-11-21(30-15-17-6-9-20(26)10-7-17)18(12-19)13-22-23(28)27(24(29)31-22)14-16-4-2-1-3-5-16/h1-13H,14-15H2/b22-13+. The molecule has 0 atom stereocenters. The molecule has 3 aromatic rings. The highest BCUT2D eigenvalue weighted by Gasteiger charge is 2.35. The minimum atomic E-state index is -0.303. The number of ether oxygens (including phenoxy) is 1. The van der Waals surface area contributed by atoms with E-state index in [4.69, 9.17) is 16.3 Å². The molecule has 0 radical (unpaired) electrons. The number of hydrogen-bond donors (Lipinski definition) is 0. The van der Waals surface area contributed by atoms with Gasteiger partial charge in [-0.25, -0.2) is 0 Å². The van der Waals surface area contributed by atoms with Crippen LogP contribution >= 0.6 is 39.3 Å². The summed E-state index contributed by atoms with van der Waals surface area (Å²) in [4.78, 5) is 27.0. The normalized spacial score (nSPS) is 15.0. The largest absolute Gasteiger partial charge is 0.488 e. The summed E-state index contributed by atoms with van der Waals surface area (Å²) in [7, 11) is 0. The maximum absolute atomic E-state index is 12.9. The van der Waals surface area contributed by atoms with Gasteiger partial charge in [0.25, 0.3) is 11.1 Å². The molecule has 4 nitrogen and oxygen atoms in total. The van der Waals surface area contributed by atoms with Crippen LogP contribution in [0.1, 0.15) is 16.7 Å². The number of benzene rings is 3. The molecular formula is C24H17BrClNO3S. The zero-order valence-electron chi connectivity index (χ0n) is 16.3. The second-order valence-corrected chi connectivity index (χ2v) is 9.20. The molecule has 0 aromatic heterocycles. The zero-order valence-corrected chi connectivity index (χ0v) is 19.4. The molecule has 0 N–H and O–H groups in total. The van der Waals surface area contributed by atoms with Crippen LogP contribution in [0.3, 0.4) is 0 Å². The lowest BCUT2D eigenvalue weighted by Gasteiger charge is -2.12. The van der Waals surface area contributed by atoms with Crippen LogP contribution in [-0.2, 0) is 17.9 Å². The van der Waals surface area contributed by atoms with Crippen LogP contribution in [0.4, 0.5) is 4.79 Å². The third-order valence-corrected chi connectivity index (χ3v) is 6.28. The molecule has 1 heterocycles. The van der Waals surface area contributed by atoms with Gasteiger partial charge in [-0.15, -0.1) is 0 Å². The molecule has 4 rings (SSSR count). The lowest BCUT2D eigenvalue weighted by molar-refractivity contribution is -0.123. The highest BCUT2D eigenvalue weighted by molar-refractivity contribution is 9.10. The van der Waals surface area contributed by atoms with E-state index in [1.807, 2.05) is 72.8 Å². The molecule has 1 saturated heterocycles. The topological polar surface area (TPSA) is 46.6 Å². The molecule has 1 aliphatic heterocycles. The van der Waals surface area contributed by atoms with Gasteiger partial charge < -0.3 is 4.74 Å². The van der Waals surface area contributed by atoms with Gasteiger partial charge in [-0.05, 0) is 59.3 Å². The van der Waals surface area contributed by atoms with E-state index >= 15 is 0 Å². The number of hydrogen-bond acceptors (Lipinski definition) is 4. The van der Waals surface area contributed by atoms with Crippen molar-refractivity contribution in [3.05, 3.63) is 104 Å². The van der Waals surface area contributed by atoms with E-state index in [-0.39, 0.29) is 17.7 Å². The van der Waals surface area contributed by atoms with Gasteiger partial charge in [-0.1, -0.05) is 70.0 Å². The van der Waals surface area contributed by atoms with Crippen molar-refractivity contribution in [2.24, 2.45) is 0 Å². The van der Waals surface area contributed by atoms with Crippen LogP contribution in [-0.4, -0.2) is 16.0 Å². The molecule has 0 aliphatic carbocycles. The Bertz CT molecular complexity index is 1150. The molecule has 0 spiro atoms. The van der Waals surface area contributed by atoms with Crippen molar-refractivity contribution >= 4 is 56.5 Å². The Labute approximate surface area is 198 Å². The zero-order chi connectivity index (χ0) is 21.8. The summed E-state index contributed by atoms with van der Waals surface area (Å²) in [5, 5.41) is 0.387. The number of nitrogens with zero attached hydrogens (tertiary/aromatic N) is 1. The molecule has 2 amide bonds. The third kappa shape index (κ3) is 5.39. The van der Waals surface area contributed by atoms with Gasteiger partial charge in [0.05, 0.1) is 11.4 Å². The summed E-state index contributed by atoms with van der Waals surface area (Å²) >= 11 is 10.3. The van der Waals surface area contributed by atoms with Gasteiger partial charge in [0.2, 0.25) is 0 Å². The molecule has 3 aromatic carbocycles. The number of halogens is 2. The molecule has 1 fully saturated rings. The van der Waals surface area contributed by atoms with Crippen LogP contribution in [0.2, 0.25) is 5.02 Å². The number of thioether (sulfide) groups is 1. The van der Waals surface area contributed by atoms with Gasteiger partial charge >= 0.3 is 0 Å². The summed E-state index contributed by atoms with van der Waals surface area (Å²) in [5.41, 5.74) is 2.59. The second-order valence-electron chi connectivity index (χ2n) is 6.85. The van der Waals surface area contributed by atoms with Gasteiger partial charge in [0.15, 0.2) is 0 Å². The average molecular weight is 515 g/mol. The Morgan fingerprint density at radius 1 is 0.968 bits per heavy atom. The van der Waals surface area contributed by atoms with E-state index in [9.17, 15) is 9.59 Å². The predicted molar refractivity (Wildman–Crippen MR) is 128 cm³/mol. The fraction of sp³-hybridized carbons (Fsp3) is 0.0833. The van der Waals surface area contributed by atoms with Crippen molar-refractivity contribution in [3.8, 4) is 5.75 Å². The quantitative estimate of drug-likeness (QED) is 0.335. The Kier molecular flexibility index (Phi) is 6.80. The molecule has 7 heteroatoms. The minimum Gasteiger partial charge on any atom is -0.488 e. The molecule has 0 bridgehead atoms. The summed E-state index contributed by atoms with van der Waals surface area (Å²) in [6.07, 6.45) is 1.71. The predicted octanol–water partition coefficient (Wildman–Crippen LogP) is 6.92.